The van der Waals surface area contributed by atoms with E-state index in [1.807, 2.05) is 13.0 Å². The van der Waals surface area contributed by atoms with Crippen LogP contribution in [-0.2, 0) is 19.0 Å². The summed E-state index contributed by atoms with van der Waals surface area (Å²) in [6.07, 6.45) is -2.83. The number of epoxide rings is 1. The molecule has 14 unspecified atom stereocenters. The third-order valence-corrected chi connectivity index (χ3v) is 11.5. The maximum Gasteiger partial charge on any atom is 0.338 e. The quantitative estimate of drug-likeness (QED) is 0.257. The lowest BCUT2D eigenvalue weighted by molar-refractivity contribution is -0.297. The molecule has 0 aromatic carbocycles. The highest BCUT2D eigenvalue weighted by atomic mass is 16.6. The van der Waals surface area contributed by atoms with E-state index in [0.29, 0.717) is 6.42 Å². The van der Waals surface area contributed by atoms with E-state index in [4.69, 9.17) is 18.6 Å². The molecule has 10 nitrogen and oxygen atoms in total. The van der Waals surface area contributed by atoms with Gasteiger partial charge in [0.1, 0.15) is 11.2 Å². The highest BCUT2D eigenvalue weighted by Gasteiger charge is 2.93. The molecule has 10 heteroatoms. The fraction of sp³-hybridized carbons (Fsp3) is 0.800. The normalized spacial score (nSPS) is 64.1. The number of fused-ring (bicyclic) bond motifs is 5. The number of aliphatic hydroxyl groups is 5. The monoisotopic (exact) mass is 492 g/mol. The Balaban J connectivity index is 1.43. The second-order valence-corrected chi connectivity index (χ2v) is 12.4. The molecular formula is C25H32O10. The number of ether oxygens (including phenoxy) is 3. The van der Waals surface area contributed by atoms with Gasteiger partial charge in [-0.1, -0.05) is 13.8 Å². The minimum atomic E-state index is -2.29. The van der Waals surface area contributed by atoms with Gasteiger partial charge in [0.05, 0.1) is 43.0 Å². The molecule has 5 N–H and O–H groups in total. The fourth-order valence-electron chi connectivity index (χ4n) is 9.80. The summed E-state index contributed by atoms with van der Waals surface area (Å²) in [6.45, 7) is 6.58. The molecule has 1 spiro atoms. The van der Waals surface area contributed by atoms with Crippen LogP contribution in [0, 0.1) is 16.7 Å². The molecule has 1 aromatic rings. The summed E-state index contributed by atoms with van der Waals surface area (Å²) >= 11 is 0. The summed E-state index contributed by atoms with van der Waals surface area (Å²) in [5.74, 6) is -2.17. The van der Waals surface area contributed by atoms with Gasteiger partial charge in [0.15, 0.2) is 17.3 Å². The zero-order chi connectivity index (χ0) is 25.1. The van der Waals surface area contributed by atoms with Crippen LogP contribution >= 0.6 is 0 Å². The number of rotatable bonds is 1. The molecule has 6 fully saturated rings. The van der Waals surface area contributed by atoms with Gasteiger partial charge in [0.25, 0.3) is 0 Å². The molecule has 3 aliphatic heterocycles. The number of aliphatic hydroxyl groups excluding tert-OH is 3. The van der Waals surface area contributed by atoms with Crippen LogP contribution in [0.4, 0.5) is 0 Å². The maximum absolute atomic E-state index is 12.6. The van der Waals surface area contributed by atoms with Crippen molar-refractivity contribution in [1.82, 2.24) is 0 Å². The first-order valence-corrected chi connectivity index (χ1v) is 12.3. The number of esters is 1. The molecule has 4 heterocycles. The zero-order valence-corrected chi connectivity index (χ0v) is 20.0. The Morgan fingerprint density at radius 2 is 1.71 bits per heavy atom. The van der Waals surface area contributed by atoms with Crippen LogP contribution in [0.25, 0.3) is 0 Å². The van der Waals surface area contributed by atoms with Crippen LogP contribution in [0.5, 0.6) is 0 Å². The second kappa shape index (κ2) is 5.96. The highest BCUT2D eigenvalue weighted by Crippen LogP contribution is 2.79. The summed E-state index contributed by atoms with van der Waals surface area (Å²) < 4.78 is 23.4. The van der Waals surface area contributed by atoms with Crippen molar-refractivity contribution >= 4 is 5.97 Å². The van der Waals surface area contributed by atoms with Gasteiger partial charge in [-0.15, -0.1) is 0 Å². The predicted octanol–water partition coefficient (Wildman–Crippen LogP) is -0.402. The van der Waals surface area contributed by atoms with Crippen molar-refractivity contribution in [3.05, 3.63) is 24.2 Å². The summed E-state index contributed by atoms with van der Waals surface area (Å²) in [6, 6.07) is 1.85. The lowest BCUT2D eigenvalue weighted by Gasteiger charge is -2.63. The van der Waals surface area contributed by atoms with Gasteiger partial charge in [-0.3, -0.25) is 0 Å². The van der Waals surface area contributed by atoms with Crippen LogP contribution in [0.1, 0.15) is 52.0 Å². The van der Waals surface area contributed by atoms with Crippen molar-refractivity contribution in [2.24, 2.45) is 16.7 Å². The van der Waals surface area contributed by atoms with Gasteiger partial charge in [0, 0.05) is 29.1 Å². The minimum Gasteiger partial charge on any atom is -0.472 e. The van der Waals surface area contributed by atoms with Crippen LogP contribution < -0.4 is 0 Å². The average molecular weight is 493 g/mol. The Morgan fingerprint density at radius 1 is 1.00 bits per heavy atom. The fourth-order valence-corrected chi connectivity index (χ4v) is 9.80. The number of hydrogen-bond acceptors (Lipinski definition) is 10. The van der Waals surface area contributed by atoms with Gasteiger partial charge < -0.3 is 44.2 Å². The van der Waals surface area contributed by atoms with Crippen LogP contribution in [0.3, 0.4) is 0 Å². The first-order chi connectivity index (χ1) is 16.2. The van der Waals surface area contributed by atoms with Gasteiger partial charge in [-0.2, -0.15) is 0 Å². The molecule has 14 atom stereocenters. The van der Waals surface area contributed by atoms with Crippen molar-refractivity contribution < 1.29 is 49.0 Å². The van der Waals surface area contributed by atoms with Crippen molar-refractivity contribution in [2.75, 3.05) is 0 Å². The van der Waals surface area contributed by atoms with E-state index in [0.717, 1.165) is 5.56 Å². The van der Waals surface area contributed by atoms with E-state index in [2.05, 4.69) is 0 Å². The molecule has 0 radical (unpaired) electrons. The molecule has 192 valence electrons. The molecule has 3 saturated carbocycles. The smallest absolute Gasteiger partial charge is 0.338 e. The topological polar surface area (TPSA) is 162 Å². The second-order valence-electron chi connectivity index (χ2n) is 12.4. The number of carbonyl (C=O) groups is 1. The Labute approximate surface area is 201 Å². The summed E-state index contributed by atoms with van der Waals surface area (Å²) in [7, 11) is 0. The molecule has 6 aliphatic rings. The Morgan fingerprint density at radius 3 is 2.37 bits per heavy atom. The van der Waals surface area contributed by atoms with E-state index < -0.39 is 75.6 Å². The van der Waals surface area contributed by atoms with Crippen molar-refractivity contribution in [3.8, 4) is 0 Å². The number of hydrogen-bond donors (Lipinski definition) is 5. The Kier molecular flexibility index (Phi) is 3.86. The Hall–Kier alpha value is -1.53. The van der Waals surface area contributed by atoms with E-state index in [-0.39, 0.29) is 18.4 Å². The molecule has 0 bridgehead atoms. The molecule has 35 heavy (non-hydrogen) atoms. The van der Waals surface area contributed by atoms with Gasteiger partial charge in [-0.25, -0.2) is 4.79 Å². The largest absolute Gasteiger partial charge is 0.472 e. The lowest BCUT2D eigenvalue weighted by atomic mass is 9.42. The van der Waals surface area contributed by atoms with Gasteiger partial charge in [-0.05, 0) is 31.9 Å². The summed E-state index contributed by atoms with van der Waals surface area (Å²) in [5.41, 5.74) is -8.44. The third-order valence-electron chi connectivity index (χ3n) is 11.5. The van der Waals surface area contributed by atoms with Gasteiger partial charge >= 0.3 is 5.97 Å². The van der Waals surface area contributed by atoms with Crippen molar-refractivity contribution in [3.63, 3.8) is 0 Å². The van der Waals surface area contributed by atoms with Crippen LogP contribution in [-0.4, -0.2) is 90.5 Å². The molecule has 3 saturated heterocycles. The van der Waals surface area contributed by atoms with Crippen LogP contribution in [0.15, 0.2) is 23.0 Å². The van der Waals surface area contributed by atoms with E-state index in [9.17, 15) is 30.3 Å². The summed E-state index contributed by atoms with van der Waals surface area (Å²) in [5, 5.41) is 58.6. The first kappa shape index (κ1) is 22.7. The standard InChI is InChI=1S/C25H32O10/c1-20-11(10-5-6-32-9-10)7-14-25(20,34-14)22(3,30)16-15(17(20)27)33-13-8-12(26)23(4)24(31,21(13,16)2)18(28)19(29)35-23/h5-6,9,11-18,26-28,30-31H,7-8H2,1-4H3. The van der Waals surface area contributed by atoms with E-state index >= 15 is 0 Å². The van der Waals surface area contributed by atoms with E-state index in [1.165, 1.54) is 6.92 Å². The molecule has 7 rings (SSSR count). The van der Waals surface area contributed by atoms with Crippen molar-refractivity contribution in [1.29, 1.82) is 0 Å². The average Bonchev–Trinajstić information content (AvgIpc) is 3.06. The highest BCUT2D eigenvalue weighted by molar-refractivity contribution is 5.81. The number of furan rings is 1. The SMILES string of the molecule is CC1(O)C2C(OC3CC(O)C4(C)OC(=O)C(O)C4(O)C32C)C(O)C2(C)C(c3ccoc3)CC3OC312. The number of carbonyl (C=O) groups excluding carboxylic acids is 1. The van der Waals surface area contributed by atoms with E-state index in [1.54, 1.807) is 26.4 Å². The third kappa shape index (κ3) is 1.91. The predicted molar refractivity (Wildman–Crippen MR) is 115 cm³/mol. The summed E-state index contributed by atoms with van der Waals surface area (Å²) in [4.78, 5) is 12.6. The lowest BCUT2D eigenvalue weighted by Crippen LogP contribution is -2.80. The maximum atomic E-state index is 12.6. The van der Waals surface area contributed by atoms with Crippen LogP contribution in [0.2, 0.25) is 0 Å². The molecule has 1 aromatic heterocycles. The Bertz CT molecular complexity index is 1120. The van der Waals surface area contributed by atoms with Crippen molar-refractivity contribution in [2.45, 2.75) is 105 Å². The minimum absolute atomic E-state index is 0.00965. The first-order valence-electron chi connectivity index (χ1n) is 12.3. The molecule has 0 amide bonds. The molecular weight excluding hydrogens is 460 g/mol. The zero-order valence-electron chi connectivity index (χ0n) is 20.0. The molecule has 3 aliphatic carbocycles. The van der Waals surface area contributed by atoms with Gasteiger partial charge in [0.2, 0.25) is 0 Å².